The number of anilines is 4. The number of nitrogens with zero attached hydrogens (tertiary/aromatic N) is 2. The van der Waals surface area contributed by atoms with E-state index in [1.807, 2.05) is 18.2 Å². The molecule has 0 aliphatic rings. The van der Waals surface area contributed by atoms with Crippen molar-refractivity contribution in [2.75, 3.05) is 16.4 Å². The highest BCUT2D eigenvalue weighted by molar-refractivity contribution is 5.91. The number of aryl methyl sites for hydroxylation is 1. The first-order chi connectivity index (χ1) is 15.2. The maximum Gasteiger partial charge on any atom is 0.416 e. The number of nitrogens with two attached hydrogens (primary N) is 1. The van der Waals surface area contributed by atoms with Crippen LogP contribution in [-0.4, -0.2) is 15.0 Å². The highest BCUT2D eigenvalue weighted by atomic mass is 19.4. The molecule has 0 aliphatic carbocycles. The number of rotatable bonds is 5. The smallest absolute Gasteiger partial charge is 0.398 e. The van der Waals surface area contributed by atoms with Crippen molar-refractivity contribution in [1.29, 1.82) is 0 Å². The lowest BCUT2D eigenvalue weighted by Gasteiger charge is -2.14. The Morgan fingerprint density at radius 2 is 1.88 bits per heavy atom. The summed E-state index contributed by atoms with van der Waals surface area (Å²) in [6, 6.07) is 12.4. The lowest BCUT2D eigenvalue weighted by molar-refractivity contribution is -0.137. The van der Waals surface area contributed by atoms with Crippen LogP contribution in [0, 0.1) is 6.92 Å². The number of aromatic nitrogens is 3. The van der Waals surface area contributed by atoms with Crippen LogP contribution in [0.3, 0.4) is 0 Å². The fourth-order valence-corrected chi connectivity index (χ4v) is 3.29. The van der Waals surface area contributed by atoms with E-state index in [1.165, 1.54) is 12.3 Å². The first-order valence-electron chi connectivity index (χ1n) is 9.63. The van der Waals surface area contributed by atoms with Gasteiger partial charge in [-0.3, -0.25) is 4.79 Å². The largest absolute Gasteiger partial charge is 0.416 e. The van der Waals surface area contributed by atoms with Crippen molar-refractivity contribution in [2.24, 2.45) is 0 Å². The van der Waals surface area contributed by atoms with Crippen molar-refractivity contribution < 1.29 is 13.2 Å². The number of aromatic amines is 1. The number of halogens is 3. The quantitative estimate of drug-likeness (QED) is 0.338. The van der Waals surface area contributed by atoms with Crippen molar-refractivity contribution in [2.45, 2.75) is 19.6 Å². The molecule has 2 aromatic heterocycles. The van der Waals surface area contributed by atoms with E-state index in [9.17, 15) is 18.0 Å². The summed E-state index contributed by atoms with van der Waals surface area (Å²) in [6.07, 6.45) is -3.06. The minimum Gasteiger partial charge on any atom is -0.398 e. The molecule has 0 saturated carbocycles. The van der Waals surface area contributed by atoms with Crippen LogP contribution in [0.4, 0.5) is 36.3 Å². The molecular weight excluding hydrogens is 421 g/mol. The number of benzene rings is 2. The second kappa shape index (κ2) is 8.22. The second-order valence-corrected chi connectivity index (χ2v) is 7.23. The molecule has 10 heteroatoms. The maximum absolute atomic E-state index is 13.2. The second-order valence-electron chi connectivity index (χ2n) is 7.23. The molecule has 4 aromatic rings. The Balaban J connectivity index is 1.74. The molecule has 5 N–H and O–H groups in total. The van der Waals surface area contributed by atoms with Gasteiger partial charge in [-0.1, -0.05) is 18.2 Å². The Hall–Kier alpha value is -4.08. The minimum absolute atomic E-state index is 0.0825. The molecule has 0 saturated heterocycles. The SMILES string of the molecule is Cc1cc(Nc2nc(NCc3ccccc3N)nc3cc[nH]c(=O)c23)cc(C(F)(F)F)c1. The number of pyridine rings is 1. The zero-order chi connectivity index (χ0) is 22.9. The van der Waals surface area contributed by atoms with Crippen molar-refractivity contribution in [3.63, 3.8) is 0 Å². The van der Waals surface area contributed by atoms with Crippen LogP contribution in [0.5, 0.6) is 0 Å². The summed E-state index contributed by atoms with van der Waals surface area (Å²) >= 11 is 0. The molecule has 0 unspecified atom stereocenters. The van der Waals surface area contributed by atoms with E-state index in [4.69, 9.17) is 5.73 Å². The fraction of sp³-hybridized carbons (Fsp3) is 0.136. The van der Waals surface area contributed by atoms with E-state index < -0.39 is 17.3 Å². The highest BCUT2D eigenvalue weighted by Crippen LogP contribution is 2.33. The number of hydrogen-bond acceptors (Lipinski definition) is 6. The van der Waals surface area contributed by atoms with Gasteiger partial charge in [-0.05, 0) is 48.4 Å². The van der Waals surface area contributed by atoms with Gasteiger partial charge in [0.05, 0.1) is 11.1 Å². The van der Waals surface area contributed by atoms with Gasteiger partial charge in [-0.25, -0.2) is 4.98 Å². The molecule has 0 atom stereocenters. The van der Waals surface area contributed by atoms with E-state index in [-0.39, 0.29) is 22.8 Å². The summed E-state index contributed by atoms with van der Waals surface area (Å²) in [6.45, 7) is 1.88. The number of hydrogen-bond donors (Lipinski definition) is 4. The van der Waals surface area contributed by atoms with Crippen LogP contribution in [-0.2, 0) is 12.7 Å². The van der Waals surface area contributed by atoms with Crippen LogP contribution in [0.2, 0.25) is 0 Å². The average molecular weight is 440 g/mol. The lowest BCUT2D eigenvalue weighted by Crippen LogP contribution is -2.13. The van der Waals surface area contributed by atoms with Gasteiger partial charge in [0.2, 0.25) is 5.95 Å². The Bertz CT molecular complexity index is 1350. The maximum atomic E-state index is 13.2. The van der Waals surface area contributed by atoms with Gasteiger partial charge in [0.1, 0.15) is 11.2 Å². The van der Waals surface area contributed by atoms with E-state index in [0.29, 0.717) is 23.3 Å². The van der Waals surface area contributed by atoms with E-state index in [0.717, 1.165) is 17.7 Å². The molecule has 0 fully saturated rings. The molecule has 164 valence electrons. The Kier molecular flexibility index (Phi) is 5.43. The predicted molar refractivity (Wildman–Crippen MR) is 118 cm³/mol. The lowest BCUT2D eigenvalue weighted by atomic mass is 10.1. The summed E-state index contributed by atoms with van der Waals surface area (Å²) in [5.74, 6) is 0.275. The molecule has 0 bridgehead atoms. The Morgan fingerprint density at radius 1 is 1.09 bits per heavy atom. The van der Waals surface area contributed by atoms with Crippen LogP contribution < -0.4 is 21.9 Å². The first kappa shape index (κ1) is 21.2. The predicted octanol–water partition coefficient (Wildman–Crippen LogP) is 4.58. The molecule has 0 radical (unpaired) electrons. The Labute approximate surface area is 180 Å². The van der Waals surface area contributed by atoms with E-state index in [2.05, 4.69) is 25.6 Å². The van der Waals surface area contributed by atoms with Gasteiger partial charge in [-0.2, -0.15) is 18.2 Å². The van der Waals surface area contributed by atoms with Gasteiger partial charge in [0, 0.05) is 24.1 Å². The molecule has 0 amide bonds. The van der Waals surface area contributed by atoms with Gasteiger partial charge in [0.15, 0.2) is 0 Å². The highest BCUT2D eigenvalue weighted by Gasteiger charge is 2.31. The number of para-hydroxylation sites is 1. The zero-order valence-electron chi connectivity index (χ0n) is 16.9. The number of nitrogen functional groups attached to an aromatic ring is 1. The van der Waals surface area contributed by atoms with Gasteiger partial charge in [-0.15, -0.1) is 0 Å². The Morgan fingerprint density at radius 3 is 2.62 bits per heavy atom. The molecule has 7 nitrogen and oxygen atoms in total. The molecule has 0 aliphatic heterocycles. The summed E-state index contributed by atoms with van der Waals surface area (Å²) in [5.41, 5.74) is 7.00. The monoisotopic (exact) mass is 440 g/mol. The average Bonchev–Trinajstić information content (AvgIpc) is 2.72. The van der Waals surface area contributed by atoms with Crippen LogP contribution >= 0.6 is 0 Å². The fourth-order valence-electron chi connectivity index (χ4n) is 3.29. The molecule has 4 rings (SSSR count). The summed E-state index contributed by atoms with van der Waals surface area (Å²) in [4.78, 5) is 23.7. The molecular formula is C22H19F3N6O. The summed E-state index contributed by atoms with van der Waals surface area (Å²) in [5, 5.41) is 6.04. The molecule has 2 heterocycles. The normalized spacial score (nSPS) is 11.5. The van der Waals surface area contributed by atoms with E-state index in [1.54, 1.807) is 19.1 Å². The van der Waals surface area contributed by atoms with Crippen LogP contribution in [0.25, 0.3) is 10.9 Å². The standard InChI is InChI=1S/C22H19F3N6O/c1-12-8-14(22(23,24)25)10-15(9-12)29-19-18-17(6-7-27-20(18)32)30-21(31-19)28-11-13-4-2-3-5-16(13)26/h2-10H,11,26H2,1H3,(H,27,32)(H2,28,29,30,31). The first-order valence-corrected chi connectivity index (χ1v) is 9.63. The van der Waals surface area contributed by atoms with Crippen LogP contribution in [0.1, 0.15) is 16.7 Å². The van der Waals surface area contributed by atoms with Gasteiger partial charge in [0.25, 0.3) is 5.56 Å². The molecule has 2 aromatic carbocycles. The van der Waals surface area contributed by atoms with Crippen molar-refractivity contribution in [1.82, 2.24) is 15.0 Å². The van der Waals surface area contributed by atoms with Gasteiger partial charge >= 0.3 is 6.18 Å². The minimum atomic E-state index is -4.50. The number of H-pyrrole nitrogens is 1. The summed E-state index contributed by atoms with van der Waals surface area (Å²) in [7, 11) is 0. The van der Waals surface area contributed by atoms with Crippen LogP contribution in [0.15, 0.2) is 59.5 Å². The number of alkyl halides is 3. The number of nitrogens with one attached hydrogen (secondary N) is 3. The summed E-state index contributed by atoms with van der Waals surface area (Å²) < 4.78 is 39.7. The topological polar surface area (TPSA) is 109 Å². The van der Waals surface area contributed by atoms with Crippen molar-refractivity contribution in [3.8, 4) is 0 Å². The van der Waals surface area contributed by atoms with Crippen molar-refractivity contribution >= 4 is 34.0 Å². The third-order valence-electron chi connectivity index (χ3n) is 4.78. The zero-order valence-corrected chi connectivity index (χ0v) is 16.9. The van der Waals surface area contributed by atoms with E-state index >= 15 is 0 Å². The van der Waals surface area contributed by atoms with Gasteiger partial charge < -0.3 is 21.4 Å². The molecule has 0 spiro atoms. The van der Waals surface area contributed by atoms with Crippen molar-refractivity contribution in [3.05, 3.63) is 81.8 Å². The third-order valence-corrected chi connectivity index (χ3v) is 4.78. The third kappa shape index (κ3) is 4.48. The molecule has 32 heavy (non-hydrogen) atoms. The number of fused-ring (bicyclic) bond motifs is 1.